The van der Waals surface area contributed by atoms with Gasteiger partial charge in [-0.2, -0.15) is 0 Å². The molecule has 3 atom stereocenters. The lowest BCUT2D eigenvalue weighted by atomic mass is 10.1. The summed E-state index contributed by atoms with van der Waals surface area (Å²) in [5.41, 5.74) is 0.457. The van der Waals surface area contributed by atoms with Crippen LogP contribution in [0, 0.1) is 5.92 Å². The van der Waals surface area contributed by atoms with Gasteiger partial charge in [-0.1, -0.05) is 18.2 Å². The Hall–Kier alpha value is -1.45. The van der Waals surface area contributed by atoms with Crippen LogP contribution in [-0.4, -0.2) is 24.9 Å². The summed E-state index contributed by atoms with van der Waals surface area (Å²) in [7, 11) is 0. The number of carbonyl (C=O) groups excluding carboxylic acids is 1. The SMILES string of the molecule is O=C(OC[C@H]1C[C@@H](F)[C@@H](F)C1)c1ccccc1. The smallest absolute Gasteiger partial charge is 0.338 e. The normalized spacial score (nSPS) is 28.0. The Balaban J connectivity index is 1.81. The van der Waals surface area contributed by atoms with Crippen LogP contribution >= 0.6 is 0 Å². The molecule has 0 N–H and O–H groups in total. The highest BCUT2D eigenvalue weighted by Gasteiger charge is 2.35. The monoisotopic (exact) mass is 240 g/mol. The molecule has 2 nitrogen and oxygen atoms in total. The van der Waals surface area contributed by atoms with Crippen molar-refractivity contribution < 1.29 is 18.3 Å². The van der Waals surface area contributed by atoms with Crippen LogP contribution < -0.4 is 0 Å². The van der Waals surface area contributed by atoms with Crippen LogP contribution in [0.1, 0.15) is 23.2 Å². The van der Waals surface area contributed by atoms with E-state index in [4.69, 9.17) is 4.74 Å². The molecule has 0 bridgehead atoms. The number of rotatable bonds is 3. The summed E-state index contributed by atoms with van der Waals surface area (Å²) < 4.78 is 30.8. The number of ether oxygens (including phenoxy) is 1. The first-order valence-electron chi connectivity index (χ1n) is 5.67. The fourth-order valence-corrected chi connectivity index (χ4v) is 2.02. The number of esters is 1. The molecule has 1 fully saturated rings. The van der Waals surface area contributed by atoms with Gasteiger partial charge in [-0.3, -0.25) is 0 Å². The van der Waals surface area contributed by atoms with Crippen molar-refractivity contribution in [3.63, 3.8) is 0 Å². The van der Waals surface area contributed by atoms with Gasteiger partial charge in [-0.25, -0.2) is 13.6 Å². The van der Waals surface area contributed by atoms with Gasteiger partial charge in [0.2, 0.25) is 0 Å². The van der Waals surface area contributed by atoms with E-state index < -0.39 is 18.3 Å². The van der Waals surface area contributed by atoms with Gasteiger partial charge in [0.15, 0.2) is 0 Å². The van der Waals surface area contributed by atoms with Gasteiger partial charge in [0, 0.05) is 0 Å². The molecule has 1 saturated carbocycles. The minimum Gasteiger partial charge on any atom is -0.462 e. The molecule has 0 spiro atoms. The van der Waals surface area contributed by atoms with Crippen LogP contribution in [0.2, 0.25) is 0 Å². The van der Waals surface area contributed by atoms with Crippen LogP contribution in [0.5, 0.6) is 0 Å². The maximum atomic E-state index is 12.9. The Morgan fingerprint density at radius 1 is 1.18 bits per heavy atom. The van der Waals surface area contributed by atoms with Crippen molar-refractivity contribution in [2.24, 2.45) is 5.92 Å². The summed E-state index contributed by atoms with van der Waals surface area (Å²) in [4.78, 5) is 11.6. The van der Waals surface area contributed by atoms with Gasteiger partial charge in [0.25, 0.3) is 0 Å². The van der Waals surface area contributed by atoms with Gasteiger partial charge in [0.1, 0.15) is 12.3 Å². The molecule has 0 aliphatic heterocycles. The molecule has 0 heterocycles. The van der Waals surface area contributed by atoms with E-state index in [9.17, 15) is 13.6 Å². The topological polar surface area (TPSA) is 26.3 Å². The Morgan fingerprint density at radius 2 is 1.76 bits per heavy atom. The molecule has 0 amide bonds. The lowest BCUT2D eigenvalue weighted by Gasteiger charge is -2.09. The van der Waals surface area contributed by atoms with Crippen molar-refractivity contribution in [3.05, 3.63) is 35.9 Å². The second-order valence-electron chi connectivity index (χ2n) is 4.33. The molecule has 1 aromatic rings. The minimum absolute atomic E-state index is 0.0918. The summed E-state index contributed by atoms with van der Waals surface area (Å²) in [6, 6.07) is 8.57. The van der Waals surface area contributed by atoms with Crippen LogP contribution in [0.3, 0.4) is 0 Å². The van der Waals surface area contributed by atoms with Crippen LogP contribution in [-0.2, 0) is 4.74 Å². The molecule has 0 aromatic heterocycles. The molecule has 1 aliphatic rings. The second kappa shape index (κ2) is 5.25. The number of hydrogen-bond donors (Lipinski definition) is 0. The van der Waals surface area contributed by atoms with E-state index in [1.54, 1.807) is 30.3 Å². The maximum Gasteiger partial charge on any atom is 0.338 e. The van der Waals surface area contributed by atoms with Gasteiger partial charge < -0.3 is 4.74 Å². The molecule has 92 valence electrons. The maximum absolute atomic E-state index is 12.9. The number of benzene rings is 1. The average Bonchev–Trinajstić information content (AvgIpc) is 2.67. The fraction of sp³-hybridized carbons (Fsp3) is 0.462. The van der Waals surface area contributed by atoms with E-state index in [0.717, 1.165) is 0 Å². The Labute approximate surface area is 98.6 Å². The molecule has 4 heteroatoms. The molecule has 0 radical (unpaired) electrons. The zero-order valence-electron chi connectivity index (χ0n) is 9.31. The van der Waals surface area contributed by atoms with E-state index in [-0.39, 0.29) is 25.4 Å². The Morgan fingerprint density at radius 3 is 2.35 bits per heavy atom. The van der Waals surface area contributed by atoms with Crippen molar-refractivity contribution in [2.75, 3.05) is 6.61 Å². The highest BCUT2D eigenvalue weighted by atomic mass is 19.2. The Bertz CT molecular complexity index is 370. The van der Waals surface area contributed by atoms with E-state index in [0.29, 0.717) is 5.56 Å². The Kier molecular flexibility index (Phi) is 3.71. The largest absolute Gasteiger partial charge is 0.462 e. The summed E-state index contributed by atoms with van der Waals surface area (Å²) >= 11 is 0. The van der Waals surface area contributed by atoms with Crippen LogP contribution in [0.4, 0.5) is 8.78 Å². The number of alkyl halides is 2. The van der Waals surface area contributed by atoms with Crippen LogP contribution in [0.25, 0.3) is 0 Å². The zero-order valence-corrected chi connectivity index (χ0v) is 9.31. The predicted octanol–water partition coefficient (Wildman–Crippen LogP) is 2.93. The number of hydrogen-bond acceptors (Lipinski definition) is 2. The molecule has 0 unspecified atom stereocenters. The van der Waals surface area contributed by atoms with Crippen LogP contribution in [0.15, 0.2) is 30.3 Å². The van der Waals surface area contributed by atoms with E-state index in [1.165, 1.54) is 0 Å². The first kappa shape index (κ1) is 12.0. The zero-order chi connectivity index (χ0) is 12.3. The van der Waals surface area contributed by atoms with Gasteiger partial charge >= 0.3 is 5.97 Å². The van der Waals surface area contributed by atoms with Crippen molar-refractivity contribution in [2.45, 2.75) is 25.2 Å². The predicted molar refractivity (Wildman–Crippen MR) is 59.2 cm³/mol. The molecule has 1 aliphatic carbocycles. The quantitative estimate of drug-likeness (QED) is 0.759. The molecule has 0 saturated heterocycles. The highest BCUT2D eigenvalue weighted by molar-refractivity contribution is 5.89. The summed E-state index contributed by atoms with van der Waals surface area (Å²) in [5, 5.41) is 0. The first-order valence-corrected chi connectivity index (χ1v) is 5.67. The fourth-order valence-electron chi connectivity index (χ4n) is 2.02. The summed E-state index contributed by atoms with van der Waals surface area (Å²) in [6.45, 7) is 0.0918. The molecule has 17 heavy (non-hydrogen) atoms. The number of halogens is 2. The summed E-state index contributed by atoms with van der Waals surface area (Å²) in [5.74, 6) is -0.643. The molecular weight excluding hydrogens is 226 g/mol. The molecule has 1 aromatic carbocycles. The standard InChI is InChI=1S/C13H14F2O2/c14-11-6-9(7-12(11)15)8-17-13(16)10-4-2-1-3-5-10/h1-5,9,11-12H,6-8H2/t9-,11+,12-. The second-order valence-corrected chi connectivity index (χ2v) is 4.33. The van der Waals surface area contributed by atoms with Crippen molar-refractivity contribution in [1.29, 1.82) is 0 Å². The minimum atomic E-state index is -1.41. The van der Waals surface area contributed by atoms with Gasteiger partial charge in [0.05, 0.1) is 12.2 Å². The highest BCUT2D eigenvalue weighted by Crippen LogP contribution is 2.30. The lowest BCUT2D eigenvalue weighted by Crippen LogP contribution is -2.12. The molecule has 2 rings (SSSR count). The molecular formula is C13H14F2O2. The van der Waals surface area contributed by atoms with Gasteiger partial charge in [-0.05, 0) is 30.9 Å². The van der Waals surface area contributed by atoms with E-state index >= 15 is 0 Å². The first-order chi connectivity index (χ1) is 8.16. The summed E-state index contributed by atoms with van der Waals surface area (Å²) in [6.07, 6.45) is -2.53. The van der Waals surface area contributed by atoms with Crippen molar-refractivity contribution >= 4 is 5.97 Å². The average molecular weight is 240 g/mol. The lowest BCUT2D eigenvalue weighted by molar-refractivity contribution is 0.0436. The van der Waals surface area contributed by atoms with E-state index in [1.807, 2.05) is 0 Å². The third-order valence-corrected chi connectivity index (χ3v) is 2.97. The third-order valence-electron chi connectivity index (χ3n) is 2.97. The number of carbonyl (C=O) groups is 1. The van der Waals surface area contributed by atoms with Crippen molar-refractivity contribution in [3.8, 4) is 0 Å². The van der Waals surface area contributed by atoms with Gasteiger partial charge in [-0.15, -0.1) is 0 Å². The third kappa shape index (κ3) is 3.02. The van der Waals surface area contributed by atoms with E-state index in [2.05, 4.69) is 0 Å². The van der Waals surface area contributed by atoms with Crippen molar-refractivity contribution in [1.82, 2.24) is 0 Å².